The maximum atomic E-state index is 18.0. The lowest BCUT2D eigenvalue weighted by Gasteiger charge is -2.18. The number of hydrogen-bond donors (Lipinski definition) is 0. The fraction of sp³-hybridized carbons (Fsp3) is 0.615. The Morgan fingerprint density at radius 3 is 0.977 bits per heavy atom. The predicted octanol–water partition coefficient (Wildman–Crippen LogP) is 27.4. The van der Waals surface area contributed by atoms with Crippen LogP contribution in [-0.2, 0) is 38.8 Å². The molecule has 472 valence electrons. The molecule has 8 heteroatoms. The molecule has 0 radical (unpaired) electrons. The minimum absolute atomic E-state index is 0.159. The third kappa shape index (κ3) is 16.7. The largest absolute Gasteiger partial charge is 0.338 e. The highest BCUT2D eigenvalue weighted by Crippen LogP contribution is 2.49. The number of hydrogen-bond acceptors (Lipinski definition) is 4. The number of halogens is 2. The summed E-state index contributed by atoms with van der Waals surface area (Å²) in [4.78, 5) is 10.3. The number of aromatic nitrogens is 2. The van der Waals surface area contributed by atoms with Crippen LogP contribution in [0.15, 0.2) is 60.7 Å². The van der Waals surface area contributed by atoms with Crippen LogP contribution in [0.4, 0.5) is 8.78 Å². The van der Waals surface area contributed by atoms with Gasteiger partial charge in [-0.3, -0.25) is 0 Å². The van der Waals surface area contributed by atoms with Gasteiger partial charge in [0.05, 0.1) is 22.1 Å². The van der Waals surface area contributed by atoms with Gasteiger partial charge in [0.1, 0.15) is 11.6 Å². The molecule has 0 amide bonds. The van der Waals surface area contributed by atoms with Gasteiger partial charge < -0.3 is 9.13 Å². The summed E-state index contributed by atoms with van der Waals surface area (Å²) in [6, 6.07) is 22.5. The first-order valence-corrected chi connectivity index (χ1v) is 38.6. The van der Waals surface area contributed by atoms with Crippen molar-refractivity contribution in [3.05, 3.63) is 93.2 Å². The molecule has 6 atom stereocenters. The molecular formula is C78H112F2N2S4. The molecule has 0 fully saturated rings. The van der Waals surface area contributed by atoms with Crippen LogP contribution < -0.4 is 0 Å². The van der Waals surface area contributed by atoms with Crippen LogP contribution in [0.1, 0.15) is 258 Å². The Balaban J connectivity index is 1.33. The van der Waals surface area contributed by atoms with Gasteiger partial charge in [0, 0.05) is 74.0 Å². The summed E-state index contributed by atoms with van der Waals surface area (Å²) in [5, 5.41) is 1.92. The van der Waals surface area contributed by atoms with E-state index in [1.54, 1.807) is 0 Å². The maximum Gasteiger partial charge on any atom is 0.132 e. The lowest BCUT2D eigenvalue weighted by Crippen LogP contribution is -2.10. The molecule has 0 saturated heterocycles. The molecule has 0 saturated carbocycles. The second kappa shape index (κ2) is 34.0. The van der Waals surface area contributed by atoms with Crippen molar-refractivity contribution in [2.24, 2.45) is 35.5 Å². The average molecular weight is 1240 g/mol. The Labute approximate surface area is 537 Å². The molecule has 0 spiro atoms. The lowest BCUT2D eigenvalue weighted by atomic mass is 9.91. The van der Waals surface area contributed by atoms with Crippen LogP contribution in [0.25, 0.3) is 73.2 Å². The van der Waals surface area contributed by atoms with E-state index < -0.39 is 0 Å². The van der Waals surface area contributed by atoms with E-state index in [0.717, 1.165) is 133 Å². The predicted molar refractivity (Wildman–Crippen MR) is 383 cm³/mol. The van der Waals surface area contributed by atoms with Crippen molar-refractivity contribution in [2.45, 2.75) is 276 Å². The van der Waals surface area contributed by atoms with E-state index in [1.807, 2.05) is 57.5 Å². The molecule has 0 aliphatic heterocycles. The summed E-state index contributed by atoms with van der Waals surface area (Å²) < 4.78 is 41.1. The first kappa shape index (κ1) is 68.4. The van der Waals surface area contributed by atoms with Gasteiger partial charge in [0.2, 0.25) is 0 Å². The Hall–Kier alpha value is -3.56. The smallest absolute Gasteiger partial charge is 0.132 e. The van der Waals surface area contributed by atoms with E-state index in [1.165, 1.54) is 143 Å². The second-order valence-corrected chi connectivity index (χ2v) is 30.8. The van der Waals surface area contributed by atoms with Gasteiger partial charge >= 0.3 is 0 Å². The molecule has 6 heterocycles. The SMILES string of the molecule is CCCCC(CC)Cc1ccc(-c2sc(-c3cc4c(cc3F)c3c(c5cc(F)c(-c6cc(CC(CC)CCCC)c(-c7ccc(CC(CC)CCCC)s7)s6)cc5n3CC(CC)CCCC)n4CC(CC)CCCC)cc2CC(CC)CCCC)s1. The van der Waals surface area contributed by atoms with Crippen molar-refractivity contribution in [1.29, 1.82) is 0 Å². The zero-order valence-corrected chi connectivity index (χ0v) is 59.0. The van der Waals surface area contributed by atoms with E-state index in [2.05, 4.69) is 141 Å². The molecule has 8 rings (SSSR count). The molecule has 0 N–H and O–H groups in total. The average Bonchev–Trinajstić information content (AvgIpc) is 1.57. The van der Waals surface area contributed by atoms with Crippen LogP contribution in [-0.4, -0.2) is 9.13 Å². The lowest BCUT2D eigenvalue weighted by molar-refractivity contribution is 0.399. The Morgan fingerprint density at radius 2 is 0.663 bits per heavy atom. The first-order chi connectivity index (χ1) is 41.9. The summed E-state index contributed by atoms with van der Waals surface area (Å²) in [5.41, 5.74) is 8.46. The minimum Gasteiger partial charge on any atom is -0.338 e. The van der Waals surface area contributed by atoms with Gasteiger partial charge in [-0.25, -0.2) is 8.78 Å². The molecule has 0 bridgehead atoms. The van der Waals surface area contributed by atoms with E-state index in [9.17, 15) is 0 Å². The number of thiophene rings is 4. The van der Waals surface area contributed by atoms with Gasteiger partial charge in [-0.05, 0) is 146 Å². The second-order valence-electron chi connectivity index (χ2n) is 26.4. The maximum absolute atomic E-state index is 18.0. The number of benzene rings is 2. The normalized spacial score (nSPS) is 14.3. The molecule has 6 aromatic heterocycles. The number of unbranched alkanes of at least 4 members (excludes halogenated alkanes) is 6. The zero-order valence-electron chi connectivity index (χ0n) is 55.7. The van der Waals surface area contributed by atoms with Crippen LogP contribution in [0, 0.1) is 47.1 Å². The van der Waals surface area contributed by atoms with Gasteiger partial charge in [-0.1, -0.05) is 224 Å². The highest BCUT2D eigenvalue weighted by Gasteiger charge is 2.29. The molecular weight excluding hydrogens is 1130 g/mol. The van der Waals surface area contributed by atoms with Crippen molar-refractivity contribution in [1.82, 2.24) is 9.13 Å². The zero-order chi connectivity index (χ0) is 61.3. The summed E-state index contributed by atoms with van der Waals surface area (Å²) in [7, 11) is 0. The Kier molecular flexibility index (Phi) is 27.0. The van der Waals surface area contributed by atoms with Crippen molar-refractivity contribution in [2.75, 3.05) is 0 Å². The first-order valence-electron chi connectivity index (χ1n) is 35.3. The summed E-state index contributed by atoms with van der Waals surface area (Å²) in [5.74, 6) is 3.15. The third-order valence-corrected chi connectivity index (χ3v) is 25.1. The fourth-order valence-corrected chi connectivity index (χ4v) is 19.1. The van der Waals surface area contributed by atoms with Crippen molar-refractivity contribution in [3.8, 4) is 40.4 Å². The number of rotatable bonds is 40. The van der Waals surface area contributed by atoms with Crippen molar-refractivity contribution >= 4 is 78.2 Å². The summed E-state index contributed by atoms with van der Waals surface area (Å²) >= 11 is 7.57. The molecule has 6 unspecified atom stereocenters. The Bertz CT molecular complexity index is 3100. The highest BCUT2D eigenvalue weighted by atomic mass is 32.1. The molecule has 0 aliphatic carbocycles. The minimum atomic E-state index is -0.159. The van der Waals surface area contributed by atoms with Gasteiger partial charge in [-0.15, -0.1) is 45.3 Å². The quantitative estimate of drug-likeness (QED) is 0.0362. The van der Waals surface area contributed by atoms with E-state index in [0.29, 0.717) is 46.6 Å². The number of nitrogens with zero attached hydrogens (tertiary/aromatic N) is 2. The van der Waals surface area contributed by atoms with Gasteiger partial charge in [0.25, 0.3) is 0 Å². The van der Waals surface area contributed by atoms with Crippen LogP contribution in [0.2, 0.25) is 0 Å². The third-order valence-electron chi connectivity index (χ3n) is 20.1. The Morgan fingerprint density at radius 1 is 0.349 bits per heavy atom. The van der Waals surface area contributed by atoms with Crippen molar-refractivity contribution in [3.63, 3.8) is 0 Å². The molecule has 86 heavy (non-hydrogen) atoms. The summed E-state index contributed by atoms with van der Waals surface area (Å²) in [6.45, 7) is 29.6. The monoisotopic (exact) mass is 1240 g/mol. The molecule has 2 nitrogen and oxygen atoms in total. The summed E-state index contributed by atoms with van der Waals surface area (Å²) in [6.07, 6.45) is 33.0. The van der Waals surface area contributed by atoms with E-state index in [-0.39, 0.29) is 11.6 Å². The van der Waals surface area contributed by atoms with Crippen molar-refractivity contribution < 1.29 is 8.78 Å². The topological polar surface area (TPSA) is 9.86 Å². The molecule has 0 aliphatic rings. The molecule has 8 aromatic rings. The fourth-order valence-electron chi connectivity index (χ4n) is 14.1. The highest BCUT2D eigenvalue weighted by molar-refractivity contribution is 7.24. The van der Waals surface area contributed by atoms with Crippen LogP contribution in [0.3, 0.4) is 0 Å². The van der Waals surface area contributed by atoms with Gasteiger partial charge in [-0.2, -0.15) is 0 Å². The number of fused-ring (bicyclic) bond motifs is 5. The van der Waals surface area contributed by atoms with Crippen LogP contribution >= 0.6 is 45.3 Å². The standard InChI is InChI=1S/C78H112F2N2S4/c1-13-25-31-53(19-7)41-59-45-73(85-77(59)71-39-37-61(83-71)43-55(21-9)33-27-15-3)63-49-69-65(47-67(63)79)75-76(81(69)51-57(23-11)35-29-17-5)66-48-68(80)64(50-70(66)82(75)52-58(24-12)36-30-18-6)74-46-60(42-54(20-8)32-26-14-2)78(86-74)72-40-38-62(84-72)44-56(22-10)34-28-16-4/h37-40,45-50,53-58H,13-36,41-44,51-52H2,1-12H3. The van der Waals surface area contributed by atoms with E-state index in [4.69, 9.17) is 0 Å². The van der Waals surface area contributed by atoms with Crippen LogP contribution in [0.5, 0.6) is 0 Å². The molecule has 2 aromatic carbocycles. The van der Waals surface area contributed by atoms with Gasteiger partial charge in [0.15, 0.2) is 0 Å². The van der Waals surface area contributed by atoms with E-state index >= 15 is 8.78 Å².